The van der Waals surface area contributed by atoms with Crippen LogP contribution in [0.5, 0.6) is 5.75 Å². The smallest absolute Gasteiger partial charge is 0.160 e. The second-order valence-electron chi connectivity index (χ2n) is 15.4. The van der Waals surface area contributed by atoms with Gasteiger partial charge in [0, 0.05) is 50.8 Å². The third-order valence-corrected chi connectivity index (χ3v) is 12.0. The predicted molar refractivity (Wildman–Crippen MR) is 243 cm³/mol. The minimum atomic E-state index is -0.0464. The summed E-state index contributed by atoms with van der Waals surface area (Å²) < 4.78 is 6.83. The molecule has 3 heterocycles. The number of nitrogens with zero attached hydrogens (tertiary/aromatic N) is 3. The highest BCUT2D eigenvalue weighted by molar-refractivity contribution is 6.26. The van der Waals surface area contributed by atoms with Gasteiger partial charge in [0.1, 0.15) is 11.8 Å². The van der Waals surface area contributed by atoms with Crippen LogP contribution in [0.4, 0.5) is 0 Å². The summed E-state index contributed by atoms with van der Waals surface area (Å²) in [5, 5.41) is 8.65. The fourth-order valence-electron chi connectivity index (χ4n) is 9.15. The maximum Gasteiger partial charge on any atom is 0.160 e. The highest BCUT2D eigenvalue weighted by Crippen LogP contribution is 2.50. The Kier molecular flexibility index (Phi) is 7.63. The van der Waals surface area contributed by atoms with Crippen molar-refractivity contribution >= 4 is 48.8 Å². The minimum absolute atomic E-state index is 0.0464. The van der Waals surface area contributed by atoms with Crippen LogP contribution >= 0.6 is 0 Å². The summed E-state index contributed by atoms with van der Waals surface area (Å²) in [6.45, 7) is 0. The molecule has 0 amide bonds. The number of pyridine rings is 1. The first-order chi connectivity index (χ1) is 29.2. The quantitative estimate of drug-likeness (QED) is 0.164. The lowest BCUT2D eigenvalue weighted by atomic mass is 9.89. The predicted octanol–water partition coefficient (Wildman–Crippen LogP) is 13.9. The van der Waals surface area contributed by atoms with Crippen molar-refractivity contribution in [1.29, 1.82) is 0 Å². The van der Waals surface area contributed by atoms with E-state index in [1.807, 2.05) is 36.4 Å². The molecule has 2 aliphatic rings. The van der Waals surface area contributed by atoms with Crippen LogP contribution in [0.1, 0.15) is 12.0 Å². The molecule has 1 unspecified atom stereocenters. The molecule has 4 heteroatoms. The van der Waals surface area contributed by atoms with Crippen LogP contribution in [0.2, 0.25) is 0 Å². The van der Waals surface area contributed by atoms with E-state index in [4.69, 9.17) is 19.7 Å². The first kappa shape index (κ1) is 33.4. The number of aromatic nitrogens is 3. The molecule has 276 valence electrons. The molecule has 8 aromatic carbocycles. The molecule has 1 aliphatic carbocycles. The number of fused-ring (bicyclic) bond motifs is 11. The van der Waals surface area contributed by atoms with E-state index in [0.29, 0.717) is 5.82 Å². The standard InChI is InChI=1S/C55H35N3O/c1-3-14-34(15-4-1)48-33-49(35-16-5-2-6-17-35)57-55(56-48)37-28-26-36(27-29-37)52-54-51(45-22-11-12-25-50(45)59-54)46-24-13-23-39(53(46)58-52)38-30-31-44-42-20-8-7-18-40(42)41-19-9-10-21-43(41)47(44)32-38/h1-24,26-33,50H,25H2. The van der Waals surface area contributed by atoms with Crippen molar-refractivity contribution in [2.45, 2.75) is 12.5 Å². The topological polar surface area (TPSA) is 47.9 Å². The van der Waals surface area contributed by atoms with E-state index in [1.165, 1.54) is 37.9 Å². The zero-order valence-corrected chi connectivity index (χ0v) is 32.0. The first-order valence-electron chi connectivity index (χ1n) is 20.2. The van der Waals surface area contributed by atoms with Gasteiger partial charge in [-0.2, -0.15) is 0 Å². The van der Waals surface area contributed by atoms with Gasteiger partial charge < -0.3 is 4.74 Å². The van der Waals surface area contributed by atoms with E-state index < -0.39 is 0 Å². The van der Waals surface area contributed by atoms with Crippen molar-refractivity contribution in [3.8, 4) is 62.0 Å². The van der Waals surface area contributed by atoms with Crippen LogP contribution in [-0.4, -0.2) is 21.1 Å². The minimum Gasteiger partial charge on any atom is -0.482 e. The van der Waals surface area contributed by atoms with Crippen LogP contribution in [-0.2, 0) is 0 Å². The van der Waals surface area contributed by atoms with E-state index in [2.05, 4.69) is 158 Å². The highest BCUT2D eigenvalue weighted by atomic mass is 16.5. The molecule has 10 aromatic rings. The number of hydrogen-bond donors (Lipinski definition) is 0. The summed E-state index contributed by atoms with van der Waals surface area (Å²) >= 11 is 0. The molecule has 2 aromatic heterocycles. The lowest BCUT2D eigenvalue weighted by Crippen LogP contribution is -2.12. The summed E-state index contributed by atoms with van der Waals surface area (Å²) in [6, 6.07) is 62.1. The summed E-state index contributed by atoms with van der Waals surface area (Å²) in [5.41, 5.74) is 12.1. The van der Waals surface area contributed by atoms with Gasteiger partial charge in [-0.3, -0.25) is 0 Å². The van der Waals surface area contributed by atoms with Gasteiger partial charge in [-0.1, -0.05) is 182 Å². The van der Waals surface area contributed by atoms with Crippen molar-refractivity contribution in [3.63, 3.8) is 0 Å². The zero-order valence-electron chi connectivity index (χ0n) is 32.0. The van der Waals surface area contributed by atoms with Crippen LogP contribution < -0.4 is 4.74 Å². The Bertz CT molecular complexity index is 3280. The number of rotatable bonds is 5. The first-order valence-corrected chi connectivity index (χ1v) is 20.2. The molecule has 0 saturated heterocycles. The Morgan fingerprint density at radius 2 is 1.00 bits per heavy atom. The number of ether oxygens (including phenoxy) is 1. The number of para-hydroxylation sites is 1. The Hall–Kier alpha value is -7.69. The summed E-state index contributed by atoms with van der Waals surface area (Å²) in [5.74, 6) is 1.51. The molecule has 0 fully saturated rings. The normalized spacial score (nSPS) is 14.4. The number of benzene rings is 8. The van der Waals surface area contributed by atoms with E-state index in [9.17, 15) is 0 Å². The average molecular weight is 754 g/mol. The monoisotopic (exact) mass is 753 g/mol. The van der Waals surface area contributed by atoms with Crippen molar-refractivity contribution < 1.29 is 4.74 Å². The highest BCUT2D eigenvalue weighted by Gasteiger charge is 2.34. The molecular weight excluding hydrogens is 719 g/mol. The molecule has 1 aliphatic heterocycles. The van der Waals surface area contributed by atoms with E-state index in [0.717, 1.165) is 79.1 Å². The number of hydrogen-bond acceptors (Lipinski definition) is 4. The van der Waals surface area contributed by atoms with Crippen molar-refractivity contribution in [2.24, 2.45) is 0 Å². The number of allylic oxidation sites excluding steroid dienone is 2. The second-order valence-corrected chi connectivity index (χ2v) is 15.4. The Morgan fingerprint density at radius 3 is 1.66 bits per heavy atom. The van der Waals surface area contributed by atoms with Gasteiger partial charge >= 0.3 is 0 Å². The molecule has 0 radical (unpaired) electrons. The molecular formula is C55H35N3O. The third-order valence-electron chi connectivity index (χ3n) is 12.0. The molecule has 59 heavy (non-hydrogen) atoms. The van der Waals surface area contributed by atoms with Crippen molar-refractivity contribution in [3.05, 3.63) is 200 Å². The maximum atomic E-state index is 6.83. The summed E-state index contributed by atoms with van der Waals surface area (Å²) in [6.07, 6.45) is 7.33. The summed E-state index contributed by atoms with van der Waals surface area (Å²) in [4.78, 5) is 15.7. The molecule has 0 N–H and O–H groups in total. The zero-order chi connectivity index (χ0) is 38.9. The molecule has 1 atom stereocenters. The van der Waals surface area contributed by atoms with E-state index in [-0.39, 0.29) is 6.10 Å². The van der Waals surface area contributed by atoms with Gasteiger partial charge in [0.15, 0.2) is 11.6 Å². The fourth-order valence-corrected chi connectivity index (χ4v) is 9.15. The van der Waals surface area contributed by atoms with E-state index >= 15 is 0 Å². The van der Waals surface area contributed by atoms with Crippen LogP contribution in [0, 0.1) is 0 Å². The van der Waals surface area contributed by atoms with Crippen molar-refractivity contribution in [1.82, 2.24) is 15.0 Å². The molecule has 0 bridgehead atoms. The summed E-state index contributed by atoms with van der Waals surface area (Å²) in [7, 11) is 0. The Labute approximate surface area is 341 Å². The van der Waals surface area contributed by atoms with Crippen molar-refractivity contribution in [2.75, 3.05) is 0 Å². The van der Waals surface area contributed by atoms with Crippen LogP contribution in [0.15, 0.2) is 194 Å². The van der Waals surface area contributed by atoms with Gasteiger partial charge in [0.2, 0.25) is 0 Å². The molecule has 12 rings (SSSR count). The second kappa shape index (κ2) is 13.5. The van der Waals surface area contributed by atoms with Gasteiger partial charge in [-0.05, 0) is 50.0 Å². The van der Waals surface area contributed by atoms with Crippen LogP contribution in [0.25, 0.3) is 105 Å². The van der Waals surface area contributed by atoms with Gasteiger partial charge in [-0.25, -0.2) is 15.0 Å². The fraction of sp³-hybridized carbons (Fsp3) is 0.0364. The van der Waals surface area contributed by atoms with E-state index in [1.54, 1.807) is 0 Å². The average Bonchev–Trinajstić information content (AvgIpc) is 3.72. The van der Waals surface area contributed by atoms with Gasteiger partial charge in [0.05, 0.1) is 16.9 Å². The van der Waals surface area contributed by atoms with Gasteiger partial charge in [-0.15, -0.1) is 0 Å². The molecule has 0 saturated carbocycles. The third kappa shape index (κ3) is 5.49. The Balaban J connectivity index is 1.03. The van der Waals surface area contributed by atoms with Gasteiger partial charge in [0.25, 0.3) is 0 Å². The van der Waals surface area contributed by atoms with Crippen LogP contribution in [0.3, 0.4) is 0 Å². The maximum absolute atomic E-state index is 6.83. The molecule has 0 spiro atoms. The lowest BCUT2D eigenvalue weighted by molar-refractivity contribution is 0.279. The molecule has 4 nitrogen and oxygen atoms in total. The Morgan fingerprint density at radius 1 is 0.441 bits per heavy atom. The SMILES string of the molecule is C1=CCC2Oc3c(-c4ccc(-c5nc(-c6ccccc6)cc(-c6ccccc6)n5)cc4)nc4c(-c5ccc6c7ccccc7c7ccccc7c6c5)cccc4c3C2=C1. The lowest BCUT2D eigenvalue weighted by Gasteiger charge is -2.15. The largest absolute Gasteiger partial charge is 0.482 e.